The predicted octanol–water partition coefficient (Wildman–Crippen LogP) is 4.62. The highest BCUT2D eigenvalue weighted by Gasteiger charge is 2.27. The van der Waals surface area contributed by atoms with Crippen LogP contribution in [0.4, 0.5) is 4.79 Å². The molecule has 1 aromatic carbocycles. The fourth-order valence-corrected chi connectivity index (χ4v) is 3.19. The van der Waals surface area contributed by atoms with Gasteiger partial charge < -0.3 is 9.64 Å². The van der Waals surface area contributed by atoms with E-state index in [9.17, 15) is 4.79 Å². The first-order valence-electron chi connectivity index (χ1n) is 7.76. The zero-order valence-corrected chi connectivity index (χ0v) is 16.7. The summed E-state index contributed by atoms with van der Waals surface area (Å²) in [5, 5.41) is 5.49. The maximum Gasteiger partial charge on any atom is 0.436 e. The van der Waals surface area contributed by atoms with Crippen LogP contribution in [-0.2, 0) is 4.74 Å². The summed E-state index contributed by atoms with van der Waals surface area (Å²) in [5.41, 5.74) is 0.492. The third-order valence-corrected chi connectivity index (χ3v) is 5.36. The molecule has 0 radical (unpaired) electrons. The third-order valence-electron chi connectivity index (χ3n) is 4.31. The summed E-state index contributed by atoms with van der Waals surface area (Å²) in [6.07, 6.45) is 1.34. The number of rotatable bonds is 3. The Bertz CT molecular complexity index is 729. The third kappa shape index (κ3) is 4.52. The first-order chi connectivity index (χ1) is 11.5. The molecule has 5 nitrogen and oxygen atoms in total. The van der Waals surface area contributed by atoms with E-state index in [4.69, 9.17) is 39.5 Å². The van der Waals surface area contributed by atoms with Gasteiger partial charge in [0.2, 0.25) is 5.56 Å². The number of halogens is 4. The average Bonchev–Trinajstić information content (AvgIpc) is 2.95. The number of carbonyl (C=O) groups excluding carboxylic acids is 1. The summed E-state index contributed by atoms with van der Waals surface area (Å²) in [5.74, 6) is 0.320. The quantitative estimate of drug-likeness (QED) is 0.671. The van der Waals surface area contributed by atoms with Crippen molar-refractivity contribution >= 4 is 64.2 Å². The maximum atomic E-state index is 12.4. The van der Waals surface area contributed by atoms with Gasteiger partial charge in [0, 0.05) is 11.3 Å². The second-order valence-electron chi connectivity index (χ2n) is 5.96. The second kappa shape index (κ2) is 8.78. The lowest BCUT2D eigenvalue weighted by molar-refractivity contribution is 0.136. The molecule has 138 valence electrons. The Morgan fingerprint density at radius 2 is 1.88 bits per heavy atom. The first kappa shape index (κ1) is 20.6. The van der Waals surface area contributed by atoms with Crippen molar-refractivity contribution in [3.8, 4) is 0 Å². The SMILES string of the molecule is CN1CCC(c2nn(C(=O)OC(Cl)C(Cl)Cl)c3ccccc23)CC1.Cl. The van der Waals surface area contributed by atoms with Crippen molar-refractivity contribution in [2.24, 2.45) is 0 Å². The molecule has 1 aliphatic heterocycles. The summed E-state index contributed by atoms with van der Waals surface area (Å²) in [7, 11) is 2.11. The molecular formula is C16H19Cl4N3O2. The number of nitrogens with zero attached hydrogens (tertiary/aromatic N) is 3. The highest BCUT2D eigenvalue weighted by atomic mass is 35.5. The van der Waals surface area contributed by atoms with Gasteiger partial charge in [-0.3, -0.25) is 0 Å². The first-order valence-corrected chi connectivity index (χ1v) is 9.07. The minimum Gasteiger partial charge on any atom is -0.425 e. The molecule has 25 heavy (non-hydrogen) atoms. The van der Waals surface area contributed by atoms with Crippen molar-refractivity contribution in [1.29, 1.82) is 0 Å². The number of para-hydroxylation sites is 1. The Morgan fingerprint density at radius 1 is 1.24 bits per heavy atom. The minimum atomic E-state index is -1.13. The number of alkyl halides is 3. The van der Waals surface area contributed by atoms with E-state index in [1.54, 1.807) is 0 Å². The standard InChI is InChI=1S/C16H18Cl3N3O2.ClH/c1-21-8-6-10(7-9-21)13-11-4-2-3-5-12(11)22(20-13)16(23)24-15(19)14(17)18;/h2-5,10,14-15H,6-9H2,1H3;1H. The minimum absolute atomic E-state index is 0. The molecule has 0 amide bonds. The molecule has 1 fully saturated rings. The fourth-order valence-electron chi connectivity index (χ4n) is 3.01. The molecule has 1 unspecified atom stereocenters. The zero-order chi connectivity index (χ0) is 17.3. The summed E-state index contributed by atoms with van der Waals surface area (Å²) in [6, 6.07) is 7.61. The van der Waals surface area contributed by atoms with E-state index in [-0.39, 0.29) is 12.4 Å². The molecule has 2 aromatic rings. The monoisotopic (exact) mass is 425 g/mol. The van der Waals surface area contributed by atoms with E-state index in [0.717, 1.165) is 37.0 Å². The van der Waals surface area contributed by atoms with Crippen LogP contribution in [0.15, 0.2) is 24.3 Å². The molecule has 0 bridgehead atoms. The number of hydrogen-bond acceptors (Lipinski definition) is 4. The van der Waals surface area contributed by atoms with Crippen LogP contribution < -0.4 is 0 Å². The highest BCUT2D eigenvalue weighted by molar-refractivity contribution is 6.48. The van der Waals surface area contributed by atoms with Gasteiger partial charge in [-0.25, -0.2) is 4.79 Å². The molecule has 3 rings (SSSR count). The Kier molecular flexibility index (Phi) is 7.23. The second-order valence-corrected chi connectivity index (χ2v) is 7.56. The van der Waals surface area contributed by atoms with Gasteiger partial charge in [0.25, 0.3) is 0 Å². The molecular weight excluding hydrogens is 408 g/mol. The molecule has 0 saturated carbocycles. The average molecular weight is 427 g/mol. The van der Waals surface area contributed by atoms with Gasteiger partial charge in [-0.2, -0.15) is 9.78 Å². The number of likely N-dealkylation sites (tertiary alicyclic amines) is 1. The van der Waals surface area contributed by atoms with Gasteiger partial charge in [0.1, 0.15) is 0 Å². The lowest BCUT2D eigenvalue weighted by Gasteiger charge is -2.28. The van der Waals surface area contributed by atoms with E-state index in [1.165, 1.54) is 4.68 Å². The van der Waals surface area contributed by atoms with Crippen LogP contribution in [0, 0.1) is 0 Å². The molecule has 2 heterocycles. The molecule has 0 aliphatic carbocycles. The van der Waals surface area contributed by atoms with Crippen LogP contribution in [0.1, 0.15) is 24.5 Å². The van der Waals surface area contributed by atoms with Gasteiger partial charge in [-0.15, -0.1) is 12.4 Å². The van der Waals surface area contributed by atoms with Crippen LogP contribution in [-0.4, -0.2) is 51.3 Å². The molecule has 1 saturated heterocycles. The predicted molar refractivity (Wildman–Crippen MR) is 103 cm³/mol. The summed E-state index contributed by atoms with van der Waals surface area (Å²) in [4.78, 5) is 13.7. The normalized spacial score (nSPS) is 17.5. The lowest BCUT2D eigenvalue weighted by atomic mass is 9.92. The van der Waals surface area contributed by atoms with Crippen molar-refractivity contribution in [2.45, 2.75) is 29.2 Å². The Balaban J connectivity index is 0.00000225. The molecule has 9 heteroatoms. The van der Waals surface area contributed by atoms with Crippen molar-refractivity contribution in [2.75, 3.05) is 20.1 Å². The molecule has 1 atom stereocenters. The Labute approximate surface area is 167 Å². The number of fused-ring (bicyclic) bond motifs is 1. The van der Waals surface area contributed by atoms with Gasteiger partial charge in [0.05, 0.1) is 11.2 Å². The number of piperidine rings is 1. The number of aromatic nitrogens is 2. The van der Waals surface area contributed by atoms with E-state index >= 15 is 0 Å². The Hall–Kier alpha value is -0.720. The van der Waals surface area contributed by atoms with Crippen LogP contribution in [0.25, 0.3) is 10.9 Å². The molecule has 1 aliphatic rings. The lowest BCUT2D eigenvalue weighted by Crippen LogP contribution is -2.29. The molecule has 0 N–H and O–H groups in total. The van der Waals surface area contributed by atoms with Crippen molar-refractivity contribution in [1.82, 2.24) is 14.7 Å². The summed E-state index contributed by atoms with van der Waals surface area (Å²) >= 11 is 17.1. The number of carbonyl (C=O) groups is 1. The number of benzene rings is 1. The molecule has 1 aromatic heterocycles. The van der Waals surface area contributed by atoms with E-state index < -0.39 is 16.5 Å². The van der Waals surface area contributed by atoms with Crippen LogP contribution in [0.2, 0.25) is 0 Å². The van der Waals surface area contributed by atoms with Crippen molar-refractivity contribution < 1.29 is 9.53 Å². The van der Waals surface area contributed by atoms with Crippen LogP contribution in [0.3, 0.4) is 0 Å². The highest BCUT2D eigenvalue weighted by Crippen LogP contribution is 2.32. The van der Waals surface area contributed by atoms with Gasteiger partial charge in [0.15, 0.2) is 4.84 Å². The Morgan fingerprint density at radius 3 is 2.52 bits per heavy atom. The van der Waals surface area contributed by atoms with Crippen LogP contribution in [0.5, 0.6) is 0 Å². The van der Waals surface area contributed by atoms with Gasteiger partial charge in [-0.1, -0.05) is 53.0 Å². The van der Waals surface area contributed by atoms with E-state index in [2.05, 4.69) is 17.0 Å². The van der Waals surface area contributed by atoms with Gasteiger partial charge in [-0.05, 0) is 39.0 Å². The van der Waals surface area contributed by atoms with Crippen LogP contribution >= 0.6 is 47.2 Å². The largest absolute Gasteiger partial charge is 0.436 e. The fraction of sp³-hybridized carbons (Fsp3) is 0.500. The van der Waals surface area contributed by atoms with Crippen molar-refractivity contribution in [3.63, 3.8) is 0 Å². The van der Waals surface area contributed by atoms with Crippen molar-refractivity contribution in [3.05, 3.63) is 30.0 Å². The van der Waals surface area contributed by atoms with E-state index in [1.807, 2.05) is 24.3 Å². The summed E-state index contributed by atoms with van der Waals surface area (Å²) < 4.78 is 6.32. The smallest absolute Gasteiger partial charge is 0.425 e. The zero-order valence-electron chi connectivity index (χ0n) is 13.6. The molecule has 0 spiro atoms. The maximum absolute atomic E-state index is 12.4. The number of ether oxygens (including phenoxy) is 1. The number of hydrogen-bond donors (Lipinski definition) is 0. The topological polar surface area (TPSA) is 47.4 Å². The van der Waals surface area contributed by atoms with Gasteiger partial charge >= 0.3 is 6.09 Å². The van der Waals surface area contributed by atoms with E-state index in [0.29, 0.717) is 11.4 Å². The summed E-state index contributed by atoms with van der Waals surface area (Å²) in [6.45, 7) is 2.03.